The van der Waals surface area contributed by atoms with Crippen molar-refractivity contribution in [3.8, 4) is 0 Å². The smallest absolute Gasteiger partial charge is 0.0959 e. The van der Waals surface area contributed by atoms with Gasteiger partial charge in [0.2, 0.25) is 0 Å². The van der Waals surface area contributed by atoms with E-state index in [1.165, 1.54) is 0 Å². The summed E-state index contributed by atoms with van der Waals surface area (Å²) in [6, 6.07) is 0. The van der Waals surface area contributed by atoms with E-state index in [0.717, 1.165) is 19.4 Å². The largest absolute Gasteiger partial charge is 0.370 e. The molecule has 1 nitrogen and oxygen atoms in total. The van der Waals surface area contributed by atoms with Crippen molar-refractivity contribution in [3.63, 3.8) is 0 Å². The maximum atomic E-state index is 5.96. The fourth-order valence-corrected chi connectivity index (χ4v) is 1.85. The first-order chi connectivity index (χ1) is 6.79. The Balaban J connectivity index is 2.78. The van der Waals surface area contributed by atoms with Crippen LogP contribution < -0.4 is 0 Å². The molecule has 0 saturated carbocycles. The molecular weight excluding hydrogens is 172 g/mol. The van der Waals surface area contributed by atoms with Crippen LogP contribution in [0.1, 0.15) is 26.7 Å². The van der Waals surface area contributed by atoms with E-state index in [0.29, 0.717) is 5.92 Å². The first-order valence-corrected chi connectivity index (χ1v) is 5.41. The lowest BCUT2D eigenvalue weighted by atomic mass is 9.81. The van der Waals surface area contributed by atoms with Gasteiger partial charge in [-0.05, 0) is 12.8 Å². The maximum Gasteiger partial charge on any atom is 0.0959 e. The molecule has 0 radical (unpaired) electrons. The van der Waals surface area contributed by atoms with Crippen molar-refractivity contribution < 1.29 is 4.74 Å². The van der Waals surface area contributed by atoms with E-state index in [1.54, 1.807) is 0 Å². The number of allylic oxidation sites excluding steroid dienone is 2. The zero-order valence-electron chi connectivity index (χ0n) is 9.20. The summed E-state index contributed by atoms with van der Waals surface area (Å²) in [5.41, 5.74) is -0.146. The second-order valence-corrected chi connectivity index (χ2v) is 3.66. The van der Waals surface area contributed by atoms with Gasteiger partial charge in [0.15, 0.2) is 0 Å². The summed E-state index contributed by atoms with van der Waals surface area (Å²) in [6.45, 7) is 8.98. The Bertz CT molecular complexity index is 240. The molecule has 0 amide bonds. The molecule has 0 aromatic rings. The number of ether oxygens (including phenoxy) is 1. The van der Waals surface area contributed by atoms with Crippen LogP contribution in [0.5, 0.6) is 0 Å². The van der Waals surface area contributed by atoms with Crippen molar-refractivity contribution in [1.82, 2.24) is 0 Å². The molecule has 2 atom stereocenters. The van der Waals surface area contributed by atoms with Gasteiger partial charge in [0.05, 0.1) is 5.60 Å². The van der Waals surface area contributed by atoms with Crippen LogP contribution in [0.2, 0.25) is 0 Å². The Morgan fingerprint density at radius 2 is 2.21 bits per heavy atom. The van der Waals surface area contributed by atoms with Gasteiger partial charge in [-0.1, -0.05) is 44.2 Å². The van der Waals surface area contributed by atoms with Gasteiger partial charge in [-0.25, -0.2) is 0 Å². The van der Waals surface area contributed by atoms with E-state index in [9.17, 15) is 0 Å². The minimum Gasteiger partial charge on any atom is -0.370 e. The van der Waals surface area contributed by atoms with Crippen LogP contribution in [-0.4, -0.2) is 12.2 Å². The molecule has 1 aliphatic carbocycles. The van der Waals surface area contributed by atoms with Gasteiger partial charge in [0.1, 0.15) is 0 Å². The van der Waals surface area contributed by atoms with Crippen LogP contribution in [0.15, 0.2) is 37.0 Å². The third kappa shape index (κ3) is 2.16. The average molecular weight is 192 g/mol. The predicted octanol–water partition coefficient (Wildman–Crippen LogP) is 3.49. The van der Waals surface area contributed by atoms with Crippen molar-refractivity contribution in [2.75, 3.05) is 6.61 Å². The molecule has 1 heteroatoms. The van der Waals surface area contributed by atoms with E-state index in [2.05, 4.69) is 44.7 Å². The van der Waals surface area contributed by atoms with Crippen molar-refractivity contribution in [3.05, 3.63) is 37.0 Å². The molecule has 0 spiro atoms. The SMILES string of the molecule is C=CC1C=CC=CC1(CC)OCCC. The van der Waals surface area contributed by atoms with Crippen molar-refractivity contribution in [1.29, 1.82) is 0 Å². The summed E-state index contributed by atoms with van der Waals surface area (Å²) in [5, 5.41) is 0. The molecule has 0 fully saturated rings. The molecule has 0 bridgehead atoms. The van der Waals surface area contributed by atoms with Gasteiger partial charge in [-0.2, -0.15) is 0 Å². The molecule has 0 saturated heterocycles. The second-order valence-electron chi connectivity index (χ2n) is 3.66. The molecule has 0 N–H and O–H groups in total. The highest BCUT2D eigenvalue weighted by Crippen LogP contribution is 2.32. The van der Waals surface area contributed by atoms with Crippen molar-refractivity contribution >= 4 is 0 Å². The summed E-state index contributed by atoms with van der Waals surface area (Å²) >= 11 is 0. The quantitative estimate of drug-likeness (QED) is 0.606. The van der Waals surface area contributed by atoms with Crippen LogP contribution in [0, 0.1) is 5.92 Å². The van der Waals surface area contributed by atoms with Gasteiger partial charge >= 0.3 is 0 Å². The second kappa shape index (κ2) is 5.16. The van der Waals surface area contributed by atoms with Crippen molar-refractivity contribution in [2.45, 2.75) is 32.3 Å². The Kier molecular flexibility index (Phi) is 4.15. The number of rotatable bonds is 5. The molecule has 0 aliphatic heterocycles. The number of hydrogen-bond acceptors (Lipinski definition) is 1. The van der Waals surface area contributed by atoms with Crippen LogP contribution in [0.3, 0.4) is 0 Å². The van der Waals surface area contributed by atoms with E-state index < -0.39 is 0 Å². The summed E-state index contributed by atoms with van der Waals surface area (Å²) in [7, 11) is 0. The van der Waals surface area contributed by atoms with E-state index in [1.807, 2.05) is 6.08 Å². The average Bonchev–Trinajstić information content (AvgIpc) is 2.26. The fourth-order valence-electron chi connectivity index (χ4n) is 1.85. The molecule has 1 rings (SSSR count). The monoisotopic (exact) mass is 192 g/mol. The molecule has 2 unspecified atom stereocenters. The van der Waals surface area contributed by atoms with Gasteiger partial charge in [0, 0.05) is 12.5 Å². The van der Waals surface area contributed by atoms with Crippen LogP contribution in [-0.2, 0) is 4.74 Å². The topological polar surface area (TPSA) is 9.23 Å². The third-order valence-electron chi connectivity index (χ3n) is 2.75. The van der Waals surface area contributed by atoms with Crippen LogP contribution >= 0.6 is 0 Å². The third-order valence-corrected chi connectivity index (χ3v) is 2.75. The Morgan fingerprint density at radius 3 is 2.79 bits per heavy atom. The Labute approximate surface area is 87.2 Å². The predicted molar refractivity (Wildman–Crippen MR) is 61.2 cm³/mol. The fraction of sp³-hybridized carbons (Fsp3) is 0.538. The minimum atomic E-state index is -0.146. The molecule has 14 heavy (non-hydrogen) atoms. The lowest BCUT2D eigenvalue weighted by molar-refractivity contribution is -0.0297. The lowest BCUT2D eigenvalue weighted by Crippen LogP contribution is -2.38. The van der Waals surface area contributed by atoms with Gasteiger partial charge in [-0.3, -0.25) is 0 Å². The van der Waals surface area contributed by atoms with Gasteiger partial charge < -0.3 is 4.74 Å². The van der Waals surface area contributed by atoms with E-state index in [-0.39, 0.29) is 5.60 Å². The Morgan fingerprint density at radius 1 is 1.43 bits per heavy atom. The zero-order chi connectivity index (χ0) is 10.4. The van der Waals surface area contributed by atoms with Gasteiger partial charge in [-0.15, -0.1) is 6.58 Å². The van der Waals surface area contributed by atoms with Crippen LogP contribution in [0.25, 0.3) is 0 Å². The standard InChI is InChI=1S/C13H20O/c1-4-11-14-13(6-3)10-8-7-9-12(13)5-2/h5,7-10,12H,2,4,6,11H2,1,3H3. The molecule has 0 aromatic heterocycles. The lowest BCUT2D eigenvalue weighted by Gasteiger charge is -2.36. The molecule has 78 valence electrons. The highest BCUT2D eigenvalue weighted by molar-refractivity contribution is 5.25. The summed E-state index contributed by atoms with van der Waals surface area (Å²) in [4.78, 5) is 0. The highest BCUT2D eigenvalue weighted by Gasteiger charge is 2.33. The minimum absolute atomic E-state index is 0.146. The molecule has 0 heterocycles. The van der Waals surface area contributed by atoms with Gasteiger partial charge in [0.25, 0.3) is 0 Å². The Hall–Kier alpha value is -0.820. The summed E-state index contributed by atoms with van der Waals surface area (Å²) < 4.78 is 5.96. The van der Waals surface area contributed by atoms with E-state index in [4.69, 9.17) is 4.74 Å². The molecule has 1 aliphatic rings. The van der Waals surface area contributed by atoms with E-state index >= 15 is 0 Å². The zero-order valence-corrected chi connectivity index (χ0v) is 9.20. The highest BCUT2D eigenvalue weighted by atomic mass is 16.5. The summed E-state index contributed by atoms with van der Waals surface area (Å²) in [5.74, 6) is 0.309. The normalized spacial score (nSPS) is 30.6. The maximum absolute atomic E-state index is 5.96. The first kappa shape index (κ1) is 11.3. The van der Waals surface area contributed by atoms with Crippen molar-refractivity contribution in [2.24, 2.45) is 5.92 Å². The van der Waals surface area contributed by atoms with Crippen LogP contribution in [0.4, 0.5) is 0 Å². The summed E-state index contributed by atoms with van der Waals surface area (Å²) in [6.07, 6.45) is 12.5. The first-order valence-electron chi connectivity index (χ1n) is 5.41. The number of hydrogen-bond donors (Lipinski definition) is 0. The molecule has 0 aromatic carbocycles. The molecular formula is C13H20O.